The number of nitrogens with one attached hydrogen (secondary N) is 3. The Hall–Kier alpha value is -3.27. The molecule has 0 spiro atoms. The molecule has 2 aromatic heterocycles. The summed E-state index contributed by atoms with van der Waals surface area (Å²) >= 11 is 6.36. The molecule has 35 heavy (non-hydrogen) atoms. The third-order valence-electron chi connectivity index (χ3n) is 5.99. The topological polar surface area (TPSA) is 107 Å². The van der Waals surface area contributed by atoms with E-state index in [1.807, 2.05) is 25.1 Å². The van der Waals surface area contributed by atoms with E-state index >= 15 is 0 Å². The van der Waals surface area contributed by atoms with Gasteiger partial charge in [-0.2, -0.15) is 0 Å². The molecule has 2 atom stereocenters. The monoisotopic (exact) mass is 498 g/mol. The maximum atomic E-state index is 13.1. The molecule has 0 aliphatic carbocycles. The van der Waals surface area contributed by atoms with E-state index in [0.29, 0.717) is 72.0 Å². The van der Waals surface area contributed by atoms with Crippen molar-refractivity contribution in [3.8, 4) is 22.8 Å². The average Bonchev–Trinajstić information content (AvgIpc) is 3.21. The van der Waals surface area contributed by atoms with Crippen LogP contribution in [-0.4, -0.2) is 61.6 Å². The van der Waals surface area contributed by atoms with Crippen molar-refractivity contribution in [2.24, 2.45) is 0 Å². The zero-order valence-corrected chi connectivity index (χ0v) is 20.3. The highest BCUT2D eigenvalue weighted by molar-refractivity contribution is 6.32. The minimum absolute atomic E-state index is 0.00617. The van der Waals surface area contributed by atoms with Crippen LogP contribution in [0.4, 0.5) is 11.4 Å². The number of hydrogen-bond donors (Lipinski definition) is 3. The van der Waals surface area contributed by atoms with Crippen LogP contribution < -0.4 is 20.1 Å². The number of aromatic nitrogens is 2. The number of aromatic amines is 1. The van der Waals surface area contributed by atoms with Gasteiger partial charge in [-0.25, -0.2) is 0 Å². The number of carbonyl (C=O) groups is 1. The van der Waals surface area contributed by atoms with Gasteiger partial charge in [-0.1, -0.05) is 17.7 Å². The fourth-order valence-corrected chi connectivity index (χ4v) is 4.65. The lowest BCUT2D eigenvalue weighted by Gasteiger charge is -2.23. The van der Waals surface area contributed by atoms with E-state index in [9.17, 15) is 4.79 Å². The number of fused-ring (bicyclic) bond motifs is 1. The normalized spacial score (nSPS) is 19.6. The van der Waals surface area contributed by atoms with Crippen LogP contribution in [0.5, 0.6) is 11.5 Å². The molecule has 3 aromatic rings. The van der Waals surface area contributed by atoms with Crippen molar-refractivity contribution in [2.45, 2.75) is 25.5 Å². The molecule has 0 bridgehead atoms. The number of para-hydroxylation sites is 1. The molecule has 0 saturated carbocycles. The molecule has 2 aliphatic rings. The number of amides is 1. The molecule has 1 saturated heterocycles. The first-order valence-electron chi connectivity index (χ1n) is 11.5. The Labute approximate surface area is 208 Å². The van der Waals surface area contributed by atoms with Crippen molar-refractivity contribution >= 4 is 28.9 Å². The van der Waals surface area contributed by atoms with E-state index in [1.165, 1.54) is 0 Å². The highest BCUT2D eigenvalue weighted by atomic mass is 35.5. The molecular weight excluding hydrogens is 472 g/mol. The van der Waals surface area contributed by atoms with Crippen molar-refractivity contribution in [3.05, 3.63) is 52.9 Å². The first-order chi connectivity index (χ1) is 17.0. The van der Waals surface area contributed by atoms with Crippen LogP contribution >= 0.6 is 11.6 Å². The minimum Gasteiger partial charge on any atom is -0.493 e. The molecule has 4 heterocycles. The van der Waals surface area contributed by atoms with Gasteiger partial charge in [-0.3, -0.25) is 9.78 Å². The zero-order valence-electron chi connectivity index (χ0n) is 19.5. The summed E-state index contributed by atoms with van der Waals surface area (Å²) in [6.45, 7) is 3.90. The molecule has 184 valence electrons. The number of rotatable bonds is 7. The SMILES string of the molecule is COc1c(Cl)cccc1Nc1c(-c2ccncc2OC[C@@H]2COCCO2)[nH]c2c1C(=O)N[C@H](C)C2. The smallest absolute Gasteiger partial charge is 0.255 e. The number of methoxy groups -OCH3 is 1. The molecule has 1 fully saturated rings. The van der Waals surface area contributed by atoms with Gasteiger partial charge in [-0.15, -0.1) is 0 Å². The van der Waals surface area contributed by atoms with Crippen LogP contribution in [0.3, 0.4) is 0 Å². The Kier molecular flexibility index (Phi) is 6.81. The molecule has 3 N–H and O–H groups in total. The Balaban J connectivity index is 1.57. The number of halogens is 1. The average molecular weight is 499 g/mol. The Morgan fingerprint density at radius 3 is 2.97 bits per heavy atom. The summed E-state index contributed by atoms with van der Waals surface area (Å²) < 4.78 is 22.8. The molecule has 1 aromatic carbocycles. The first kappa shape index (κ1) is 23.5. The van der Waals surface area contributed by atoms with Gasteiger partial charge in [0.15, 0.2) is 5.75 Å². The summed E-state index contributed by atoms with van der Waals surface area (Å²) in [6, 6.07) is 7.28. The van der Waals surface area contributed by atoms with E-state index in [1.54, 1.807) is 25.6 Å². The third kappa shape index (κ3) is 4.80. The van der Waals surface area contributed by atoms with E-state index in [0.717, 1.165) is 11.3 Å². The van der Waals surface area contributed by atoms with Gasteiger partial charge in [0, 0.05) is 29.9 Å². The molecule has 0 unspecified atom stereocenters. The van der Waals surface area contributed by atoms with Gasteiger partial charge in [-0.05, 0) is 25.1 Å². The molecule has 1 amide bonds. The van der Waals surface area contributed by atoms with Crippen molar-refractivity contribution < 1.29 is 23.7 Å². The maximum absolute atomic E-state index is 13.1. The fourth-order valence-electron chi connectivity index (χ4n) is 4.40. The Bertz CT molecular complexity index is 1220. The molecular formula is C25H27ClN4O5. The van der Waals surface area contributed by atoms with Crippen LogP contribution in [0.1, 0.15) is 23.0 Å². The Morgan fingerprint density at radius 1 is 1.29 bits per heavy atom. The first-order valence-corrected chi connectivity index (χ1v) is 11.8. The number of carbonyl (C=O) groups excluding carboxylic acids is 1. The standard InChI is InChI=1S/C25H27ClN4O5/c1-14-10-19-21(25(31)28-14)23(29-18-5-3-4-17(26)24(18)32-2)22(30-19)16-6-7-27-11-20(16)35-13-15-12-33-8-9-34-15/h3-7,11,14-15,29-30H,8-10,12-13H2,1-2H3,(H,28,31)/t14-,15+/m1/s1. The van der Waals surface area contributed by atoms with E-state index in [2.05, 4.69) is 20.6 Å². The van der Waals surface area contributed by atoms with Crippen LogP contribution in [0.2, 0.25) is 5.02 Å². The molecule has 5 rings (SSSR count). The van der Waals surface area contributed by atoms with Crippen LogP contribution in [0.25, 0.3) is 11.3 Å². The Morgan fingerprint density at radius 2 is 2.17 bits per heavy atom. The minimum atomic E-state index is -0.159. The van der Waals surface area contributed by atoms with Gasteiger partial charge < -0.3 is 34.6 Å². The number of hydrogen-bond acceptors (Lipinski definition) is 7. The van der Waals surface area contributed by atoms with Gasteiger partial charge in [0.25, 0.3) is 5.91 Å². The summed E-state index contributed by atoms with van der Waals surface area (Å²) in [4.78, 5) is 20.8. The van der Waals surface area contributed by atoms with E-state index < -0.39 is 0 Å². The second kappa shape index (κ2) is 10.2. The van der Waals surface area contributed by atoms with Crippen molar-refractivity contribution in [3.63, 3.8) is 0 Å². The van der Waals surface area contributed by atoms with E-state index in [4.69, 9.17) is 30.5 Å². The predicted octanol–water partition coefficient (Wildman–Crippen LogP) is 3.95. The lowest BCUT2D eigenvalue weighted by molar-refractivity contribution is -0.101. The largest absolute Gasteiger partial charge is 0.493 e. The van der Waals surface area contributed by atoms with Gasteiger partial charge in [0.05, 0.1) is 60.8 Å². The van der Waals surface area contributed by atoms with Crippen LogP contribution in [0.15, 0.2) is 36.7 Å². The molecule has 2 aliphatic heterocycles. The quantitative estimate of drug-likeness (QED) is 0.452. The third-order valence-corrected chi connectivity index (χ3v) is 6.28. The van der Waals surface area contributed by atoms with Crippen molar-refractivity contribution in [2.75, 3.05) is 38.9 Å². The van der Waals surface area contributed by atoms with Crippen molar-refractivity contribution in [1.29, 1.82) is 0 Å². The molecule has 9 nitrogen and oxygen atoms in total. The number of ether oxygens (including phenoxy) is 4. The second-order valence-electron chi connectivity index (χ2n) is 8.50. The predicted molar refractivity (Wildman–Crippen MR) is 132 cm³/mol. The number of nitrogens with zero attached hydrogens (tertiary/aromatic N) is 1. The highest BCUT2D eigenvalue weighted by Crippen LogP contribution is 2.43. The fraction of sp³-hybridized carbons (Fsp3) is 0.360. The number of H-pyrrole nitrogens is 1. The lowest BCUT2D eigenvalue weighted by Crippen LogP contribution is -2.39. The summed E-state index contributed by atoms with van der Waals surface area (Å²) in [6.07, 6.45) is 3.85. The number of benzene rings is 1. The summed E-state index contributed by atoms with van der Waals surface area (Å²) in [7, 11) is 1.56. The highest BCUT2D eigenvalue weighted by Gasteiger charge is 2.31. The van der Waals surface area contributed by atoms with E-state index in [-0.39, 0.29) is 18.1 Å². The zero-order chi connectivity index (χ0) is 24.4. The van der Waals surface area contributed by atoms with Crippen molar-refractivity contribution in [1.82, 2.24) is 15.3 Å². The lowest BCUT2D eigenvalue weighted by atomic mass is 10.0. The maximum Gasteiger partial charge on any atom is 0.255 e. The summed E-state index contributed by atoms with van der Waals surface area (Å²) in [5.41, 5.74) is 4.10. The van der Waals surface area contributed by atoms with Gasteiger partial charge >= 0.3 is 0 Å². The van der Waals surface area contributed by atoms with Gasteiger partial charge in [0.2, 0.25) is 0 Å². The molecule has 10 heteroatoms. The van der Waals surface area contributed by atoms with Crippen LogP contribution in [-0.2, 0) is 15.9 Å². The second-order valence-corrected chi connectivity index (χ2v) is 8.91. The molecule has 0 radical (unpaired) electrons. The van der Waals surface area contributed by atoms with Gasteiger partial charge in [0.1, 0.15) is 18.5 Å². The summed E-state index contributed by atoms with van der Waals surface area (Å²) in [5, 5.41) is 6.88. The number of pyridine rings is 1. The number of anilines is 2. The van der Waals surface area contributed by atoms with Crippen LogP contribution in [0, 0.1) is 0 Å². The summed E-state index contributed by atoms with van der Waals surface area (Å²) in [5.74, 6) is 0.893.